The van der Waals surface area contributed by atoms with Crippen molar-refractivity contribution in [3.63, 3.8) is 0 Å². The highest BCUT2D eigenvalue weighted by molar-refractivity contribution is 7.85. The van der Waals surface area contributed by atoms with Crippen LogP contribution in [0, 0.1) is 36.5 Å². The van der Waals surface area contributed by atoms with Crippen LogP contribution in [0.4, 0.5) is 11.6 Å². The van der Waals surface area contributed by atoms with Gasteiger partial charge in [-0.1, -0.05) is 11.6 Å². The van der Waals surface area contributed by atoms with Gasteiger partial charge >= 0.3 is 0 Å². The van der Waals surface area contributed by atoms with Gasteiger partial charge in [0.1, 0.15) is 21.0 Å². The molecule has 0 aliphatic carbocycles. The highest BCUT2D eigenvalue weighted by Crippen LogP contribution is 2.26. The molecule has 0 aliphatic heterocycles. The Morgan fingerprint density at radius 2 is 1.57 bits per heavy atom. The molecule has 0 saturated carbocycles. The van der Waals surface area contributed by atoms with E-state index in [0.29, 0.717) is 21.7 Å². The van der Waals surface area contributed by atoms with Crippen LogP contribution in [-0.2, 0) is 10.8 Å². The van der Waals surface area contributed by atoms with Crippen molar-refractivity contribution in [2.75, 3.05) is 5.32 Å². The van der Waals surface area contributed by atoms with Gasteiger partial charge in [-0.2, -0.15) is 10.5 Å². The first-order chi connectivity index (χ1) is 13.4. The van der Waals surface area contributed by atoms with Crippen LogP contribution in [-0.4, -0.2) is 14.2 Å². The number of nitrogens with zero attached hydrogens (tertiary/aromatic N) is 4. The van der Waals surface area contributed by atoms with E-state index < -0.39 is 10.8 Å². The van der Waals surface area contributed by atoms with E-state index in [1.165, 1.54) is 6.07 Å². The van der Waals surface area contributed by atoms with E-state index in [0.717, 1.165) is 11.1 Å². The molecule has 0 saturated heterocycles. The van der Waals surface area contributed by atoms with Gasteiger partial charge in [0.05, 0.1) is 28.2 Å². The number of hydrogen-bond donors (Lipinski definition) is 1. The molecule has 0 fully saturated rings. The minimum Gasteiger partial charge on any atom is -0.324 e. The Morgan fingerprint density at radius 1 is 0.964 bits per heavy atom. The fourth-order valence-electron chi connectivity index (χ4n) is 2.72. The van der Waals surface area contributed by atoms with Gasteiger partial charge in [0, 0.05) is 11.8 Å². The van der Waals surface area contributed by atoms with Gasteiger partial charge in [-0.05, 0) is 61.4 Å². The Hall–Kier alpha value is -3.26. The highest BCUT2D eigenvalue weighted by atomic mass is 35.5. The second kappa shape index (κ2) is 8.18. The number of nitriles is 2. The lowest BCUT2D eigenvalue weighted by Crippen LogP contribution is -2.05. The molecule has 0 amide bonds. The van der Waals surface area contributed by atoms with Gasteiger partial charge in [-0.15, -0.1) is 0 Å². The highest BCUT2D eigenvalue weighted by Gasteiger charge is 2.17. The minimum atomic E-state index is -1.59. The molecule has 3 rings (SSSR count). The molecule has 6 nitrogen and oxygen atoms in total. The largest absolute Gasteiger partial charge is 0.324 e. The molecule has 0 aliphatic rings. The molecular weight excluding hydrogens is 394 g/mol. The quantitative estimate of drug-likeness (QED) is 0.643. The molecule has 0 bridgehead atoms. The standard InChI is InChI=1S/C20H14ClN5OS/c1-12-7-15(11-23)8-13(2)19(12)28(27)18-9-17(21)25-20(26-18)24-16-5-3-14(10-22)4-6-16/h3-9H,1-2H3,(H,24,25,26). The lowest BCUT2D eigenvalue weighted by Gasteiger charge is -2.11. The molecule has 28 heavy (non-hydrogen) atoms. The number of nitrogens with one attached hydrogen (secondary N) is 1. The fourth-order valence-corrected chi connectivity index (χ4v) is 4.26. The van der Waals surface area contributed by atoms with Crippen molar-refractivity contribution in [3.8, 4) is 12.1 Å². The summed E-state index contributed by atoms with van der Waals surface area (Å²) in [6.45, 7) is 3.61. The summed E-state index contributed by atoms with van der Waals surface area (Å²) in [4.78, 5) is 9.05. The topological polar surface area (TPSA) is 102 Å². The van der Waals surface area contributed by atoms with E-state index in [-0.39, 0.29) is 16.1 Å². The van der Waals surface area contributed by atoms with Crippen molar-refractivity contribution in [1.29, 1.82) is 10.5 Å². The molecule has 8 heteroatoms. The maximum absolute atomic E-state index is 13.1. The summed E-state index contributed by atoms with van der Waals surface area (Å²) < 4.78 is 13.1. The number of halogens is 1. The van der Waals surface area contributed by atoms with Crippen molar-refractivity contribution in [2.24, 2.45) is 0 Å². The maximum atomic E-state index is 13.1. The zero-order valence-electron chi connectivity index (χ0n) is 15.0. The number of aromatic nitrogens is 2. The van der Waals surface area contributed by atoms with Crippen LogP contribution in [0.5, 0.6) is 0 Å². The lowest BCUT2D eigenvalue weighted by molar-refractivity contribution is 0.679. The number of rotatable bonds is 4. The third-order valence-electron chi connectivity index (χ3n) is 3.91. The van der Waals surface area contributed by atoms with Crippen LogP contribution in [0.3, 0.4) is 0 Å². The predicted octanol–water partition coefficient (Wildman–Crippen LogP) is 4.40. The average Bonchev–Trinajstić information content (AvgIpc) is 2.67. The molecule has 1 aromatic heterocycles. The summed E-state index contributed by atoms with van der Waals surface area (Å²) in [5, 5.41) is 21.4. The SMILES string of the molecule is Cc1cc(C#N)cc(C)c1S(=O)c1cc(Cl)nc(Nc2ccc(C#N)cc2)n1. The van der Waals surface area contributed by atoms with E-state index in [2.05, 4.69) is 21.4 Å². The first kappa shape index (κ1) is 19.5. The van der Waals surface area contributed by atoms with Gasteiger partial charge < -0.3 is 5.32 Å². The molecular formula is C20H14ClN5OS. The third kappa shape index (κ3) is 4.17. The Morgan fingerprint density at radius 3 is 2.14 bits per heavy atom. The average molecular weight is 408 g/mol. The van der Waals surface area contributed by atoms with Crippen LogP contribution < -0.4 is 5.32 Å². The van der Waals surface area contributed by atoms with E-state index in [4.69, 9.17) is 22.1 Å². The smallest absolute Gasteiger partial charge is 0.229 e. The normalized spacial score (nSPS) is 11.3. The van der Waals surface area contributed by atoms with Gasteiger partial charge in [0.25, 0.3) is 0 Å². The van der Waals surface area contributed by atoms with Crippen molar-refractivity contribution < 1.29 is 4.21 Å². The third-order valence-corrected chi connectivity index (χ3v) is 5.70. The van der Waals surface area contributed by atoms with E-state index >= 15 is 0 Å². The summed E-state index contributed by atoms with van der Waals surface area (Å²) >= 11 is 6.11. The first-order valence-electron chi connectivity index (χ1n) is 8.16. The van der Waals surface area contributed by atoms with Crippen molar-refractivity contribution >= 4 is 34.0 Å². The molecule has 138 valence electrons. The molecule has 3 aromatic rings. The van der Waals surface area contributed by atoms with Crippen molar-refractivity contribution in [3.05, 3.63) is 69.9 Å². The molecule has 1 unspecified atom stereocenters. The van der Waals surface area contributed by atoms with Gasteiger partial charge in [-0.3, -0.25) is 0 Å². The van der Waals surface area contributed by atoms with E-state index in [1.54, 1.807) is 50.2 Å². The molecule has 0 spiro atoms. The summed E-state index contributed by atoms with van der Waals surface area (Å²) in [6.07, 6.45) is 0. The predicted molar refractivity (Wildman–Crippen MR) is 107 cm³/mol. The van der Waals surface area contributed by atoms with E-state index in [9.17, 15) is 4.21 Å². The molecule has 2 aromatic carbocycles. The summed E-state index contributed by atoms with van der Waals surface area (Å²) in [5.41, 5.74) is 3.20. The Bertz CT molecular complexity index is 1140. The van der Waals surface area contributed by atoms with Gasteiger partial charge in [-0.25, -0.2) is 14.2 Å². The minimum absolute atomic E-state index is 0.151. The van der Waals surface area contributed by atoms with E-state index in [1.807, 2.05) is 6.07 Å². The maximum Gasteiger partial charge on any atom is 0.229 e. The van der Waals surface area contributed by atoms with Crippen LogP contribution in [0.1, 0.15) is 22.3 Å². The first-order valence-corrected chi connectivity index (χ1v) is 9.69. The number of anilines is 2. The monoisotopic (exact) mass is 407 g/mol. The second-order valence-corrected chi connectivity index (χ2v) is 7.74. The molecule has 0 radical (unpaired) electrons. The Balaban J connectivity index is 1.96. The van der Waals surface area contributed by atoms with Crippen LogP contribution in [0.25, 0.3) is 0 Å². The molecule has 1 N–H and O–H groups in total. The number of hydrogen-bond acceptors (Lipinski definition) is 6. The fraction of sp³-hybridized carbons (Fsp3) is 0.100. The number of aryl methyl sites for hydroxylation is 2. The zero-order chi connectivity index (χ0) is 20.3. The zero-order valence-corrected chi connectivity index (χ0v) is 16.6. The van der Waals surface area contributed by atoms with Crippen LogP contribution in [0.15, 0.2) is 52.4 Å². The van der Waals surface area contributed by atoms with Gasteiger partial charge in [0.15, 0.2) is 0 Å². The molecule has 1 atom stereocenters. The Labute approximate surface area is 169 Å². The lowest BCUT2D eigenvalue weighted by atomic mass is 10.1. The van der Waals surface area contributed by atoms with Crippen molar-refractivity contribution in [2.45, 2.75) is 23.8 Å². The summed E-state index contributed by atoms with van der Waals surface area (Å²) in [6, 6.07) is 15.7. The molecule has 1 heterocycles. The van der Waals surface area contributed by atoms with Crippen molar-refractivity contribution in [1.82, 2.24) is 9.97 Å². The number of benzene rings is 2. The van der Waals surface area contributed by atoms with Crippen LogP contribution >= 0.6 is 11.6 Å². The second-order valence-electron chi connectivity index (χ2n) is 5.99. The van der Waals surface area contributed by atoms with Crippen LogP contribution in [0.2, 0.25) is 5.15 Å². The summed E-state index contributed by atoms with van der Waals surface area (Å²) in [7, 11) is -1.59. The Kier molecular flexibility index (Phi) is 5.70. The van der Waals surface area contributed by atoms with Gasteiger partial charge in [0.2, 0.25) is 5.95 Å². The summed E-state index contributed by atoms with van der Waals surface area (Å²) in [5.74, 6) is 0.199.